The maximum absolute atomic E-state index is 11.3. The predicted molar refractivity (Wildman–Crippen MR) is 76.9 cm³/mol. The minimum atomic E-state index is -1.22. The van der Waals surface area contributed by atoms with Crippen molar-refractivity contribution in [3.63, 3.8) is 0 Å². The molecule has 124 valence electrons. The van der Waals surface area contributed by atoms with Crippen molar-refractivity contribution in [1.82, 2.24) is 4.90 Å². The fourth-order valence-electron chi connectivity index (χ4n) is 2.29. The molecule has 2 heterocycles. The number of nitrogens with zero attached hydrogens (tertiary/aromatic N) is 1. The van der Waals surface area contributed by atoms with E-state index >= 15 is 0 Å². The first kappa shape index (κ1) is 16.8. The Kier molecular flexibility index (Phi) is 5.53. The lowest BCUT2D eigenvalue weighted by molar-refractivity contribution is -0.143. The molecule has 2 aliphatic heterocycles. The molecule has 2 rings (SSSR count). The number of carbonyl (C=O) groups excluding carboxylic acids is 1. The van der Waals surface area contributed by atoms with Crippen LogP contribution in [0.4, 0.5) is 0 Å². The molecule has 0 amide bonds. The molecular formula is C15H17NO7. The van der Waals surface area contributed by atoms with Crippen LogP contribution in [-0.4, -0.2) is 52.0 Å². The van der Waals surface area contributed by atoms with Crippen molar-refractivity contribution in [1.29, 1.82) is 0 Å². The second kappa shape index (κ2) is 7.59. The van der Waals surface area contributed by atoms with Gasteiger partial charge in [-0.15, -0.1) is 0 Å². The van der Waals surface area contributed by atoms with E-state index in [-0.39, 0.29) is 24.5 Å². The Balaban J connectivity index is 1.81. The summed E-state index contributed by atoms with van der Waals surface area (Å²) in [5.41, 5.74) is 0.282. The van der Waals surface area contributed by atoms with Crippen molar-refractivity contribution in [2.75, 3.05) is 6.61 Å². The van der Waals surface area contributed by atoms with E-state index in [0.29, 0.717) is 25.3 Å². The maximum Gasteiger partial charge on any atom is 0.333 e. The molecule has 2 N–H and O–H groups in total. The summed E-state index contributed by atoms with van der Waals surface area (Å²) >= 11 is 0. The van der Waals surface area contributed by atoms with E-state index < -0.39 is 17.9 Å². The quantitative estimate of drug-likeness (QED) is 0.546. The molecule has 8 nitrogen and oxygen atoms in total. The van der Waals surface area contributed by atoms with Gasteiger partial charge in [0.1, 0.15) is 12.8 Å². The van der Waals surface area contributed by atoms with Crippen LogP contribution < -0.4 is 0 Å². The highest BCUT2D eigenvalue weighted by atomic mass is 16.6. The van der Waals surface area contributed by atoms with E-state index in [4.69, 9.17) is 19.7 Å². The Hall–Kier alpha value is -2.61. The Morgan fingerprint density at radius 3 is 2.78 bits per heavy atom. The number of allylic oxidation sites excluding steroid dienone is 1. The second-order valence-electron chi connectivity index (χ2n) is 5.09. The van der Waals surface area contributed by atoms with Gasteiger partial charge in [-0.05, 0) is 12.8 Å². The summed E-state index contributed by atoms with van der Waals surface area (Å²) in [6.07, 6.45) is 7.67. The molecule has 1 fully saturated rings. The Morgan fingerprint density at radius 2 is 2.09 bits per heavy atom. The largest absolute Gasteiger partial charge is 0.478 e. The van der Waals surface area contributed by atoms with Crippen LogP contribution in [0.25, 0.3) is 0 Å². The summed E-state index contributed by atoms with van der Waals surface area (Å²) in [4.78, 5) is 34.2. The van der Waals surface area contributed by atoms with Crippen LogP contribution in [-0.2, 0) is 23.9 Å². The van der Waals surface area contributed by atoms with Gasteiger partial charge in [0.15, 0.2) is 0 Å². The first-order chi connectivity index (χ1) is 11.0. The zero-order valence-electron chi connectivity index (χ0n) is 12.3. The van der Waals surface area contributed by atoms with Crippen molar-refractivity contribution >= 4 is 17.9 Å². The average Bonchev–Trinajstić information content (AvgIpc) is 3.00. The number of carboxylic acid groups (broad SMARTS) is 2. The minimum Gasteiger partial charge on any atom is -0.478 e. The minimum absolute atomic E-state index is 0.0202. The molecule has 0 radical (unpaired) electrons. The van der Waals surface area contributed by atoms with Crippen LogP contribution in [0, 0.1) is 0 Å². The summed E-state index contributed by atoms with van der Waals surface area (Å²) in [6.45, 7) is 0.0202. The van der Waals surface area contributed by atoms with Gasteiger partial charge in [0.2, 0.25) is 0 Å². The summed E-state index contributed by atoms with van der Waals surface area (Å²) < 4.78 is 10.6. The third-order valence-electron chi connectivity index (χ3n) is 3.39. The summed E-state index contributed by atoms with van der Waals surface area (Å²) in [7, 11) is 0. The van der Waals surface area contributed by atoms with Crippen LogP contribution in [0.5, 0.6) is 0 Å². The van der Waals surface area contributed by atoms with E-state index in [0.717, 1.165) is 6.08 Å². The maximum atomic E-state index is 11.3. The Labute approximate surface area is 132 Å². The van der Waals surface area contributed by atoms with Crippen LogP contribution in [0.2, 0.25) is 0 Å². The van der Waals surface area contributed by atoms with Gasteiger partial charge in [-0.25, -0.2) is 14.4 Å². The zero-order valence-corrected chi connectivity index (χ0v) is 12.3. The fraction of sp³-hybridized carbons (Fsp3) is 0.400. The Morgan fingerprint density at radius 1 is 1.30 bits per heavy atom. The first-order valence-corrected chi connectivity index (χ1v) is 7.07. The standard InChI is InChI=1S/C15H17NO7/c17-13(18)5-6-14(19)22-9-11-3-4-12(23-11)16-7-1-2-10(8-16)15(20)21/h1,5-8,11-12H,2-4,9H2,(H,17,18)(H,20,21)/b6-5+/t11-,12+/m0/s1. The Bertz CT molecular complexity index is 578. The van der Waals surface area contributed by atoms with E-state index in [9.17, 15) is 14.4 Å². The van der Waals surface area contributed by atoms with Gasteiger partial charge in [-0.2, -0.15) is 0 Å². The number of carbonyl (C=O) groups is 3. The summed E-state index contributed by atoms with van der Waals surface area (Å²) in [5, 5.41) is 17.4. The van der Waals surface area contributed by atoms with Gasteiger partial charge in [-0.1, -0.05) is 6.08 Å². The number of hydrogen-bond donors (Lipinski definition) is 2. The number of esters is 1. The molecule has 0 unspecified atom stereocenters. The number of aliphatic carboxylic acids is 2. The molecule has 0 aliphatic carbocycles. The third kappa shape index (κ3) is 4.96. The third-order valence-corrected chi connectivity index (χ3v) is 3.39. The van der Waals surface area contributed by atoms with Crippen LogP contribution in [0.15, 0.2) is 36.2 Å². The smallest absolute Gasteiger partial charge is 0.333 e. The van der Waals surface area contributed by atoms with Crippen LogP contribution in [0.1, 0.15) is 19.3 Å². The molecule has 0 bridgehead atoms. The second-order valence-corrected chi connectivity index (χ2v) is 5.09. The monoisotopic (exact) mass is 323 g/mol. The fourth-order valence-corrected chi connectivity index (χ4v) is 2.29. The summed E-state index contributed by atoms with van der Waals surface area (Å²) in [6, 6.07) is 0. The number of hydrogen-bond acceptors (Lipinski definition) is 6. The van der Waals surface area contributed by atoms with Gasteiger partial charge < -0.3 is 24.6 Å². The molecule has 0 spiro atoms. The molecular weight excluding hydrogens is 306 g/mol. The van der Waals surface area contributed by atoms with Gasteiger partial charge >= 0.3 is 17.9 Å². The summed E-state index contributed by atoms with van der Waals surface area (Å²) in [5.74, 6) is -2.93. The van der Waals surface area contributed by atoms with E-state index in [1.165, 1.54) is 6.20 Å². The molecule has 8 heteroatoms. The normalized spacial score (nSPS) is 23.8. The van der Waals surface area contributed by atoms with Gasteiger partial charge in [0.05, 0.1) is 11.7 Å². The number of rotatable bonds is 6. The number of carboxylic acids is 2. The molecule has 0 saturated carbocycles. The van der Waals surface area contributed by atoms with Crippen LogP contribution in [0.3, 0.4) is 0 Å². The zero-order chi connectivity index (χ0) is 16.8. The topological polar surface area (TPSA) is 113 Å². The molecule has 0 aromatic rings. The van der Waals surface area contributed by atoms with Crippen LogP contribution >= 0.6 is 0 Å². The van der Waals surface area contributed by atoms with Crippen molar-refractivity contribution < 1.29 is 34.1 Å². The lowest BCUT2D eigenvalue weighted by atomic mass is 10.1. The first-order valence-electron chi connectivity index (χ1n) is 7.07. The van der Waals surface area contributed by atoms with E-state index in [1.54, 1.807) is 17.2 Å². The van der Waals surface area contributed by atoms with Gasteiger partial charge in [0.25, 0.3) is 0 Å². The van der Waals surface area contributed by atoms with Crippen molar-refractivity contribution in [2.45, 2.75) is 31.6 Å². The highest BCUT2D eigenvalue weighted by molar-refractivity contribution is 5.90. The molecule has 23 heavy (non-hydrogen) atoms. The van der Waals surface area contributed by atoms with E-state index in [1.807, 2.05) is 0 Å². The van der Waals surface area contributed by atoms with Crippen molar-refractivity contribution in [3.05, 3.63) is 36.2 Å². The van der Waals surface area contributed by atoms with Gasteiger partial charge in [0, 0.05) is 31.0 Å². The van der Waals surface area contributed by atoms with Crippen molar-refractivity contribution in [2.24, 2.45) is 0 Å². The highest BCUT2D eigenvalue weighted by Gasteiger charge is 2.30. The predicted octanol–water partition coefficient (Wildman–Crippen LogP) is 0.863. The highest BCUT2D eigenvalue weighted by Crippen LogP contribution is 2.26. The molecule has 1 saturated heterocycles. The lowest BCUT2D eigenvalue weighted by Crippen LogP contribution is -2.30. The van der Waals surface area contributed by atoms with E-state index in [2.05, 4.69) is 0 Å². The lowest BCUT2D eigenvalue weighted by Gasteiger charge is -2.26. The SMILES string of the molecule is O=C(O)/C=C/C(=O)OC[C@@H]1CC[C@H](N2C=CCC(C(=O)O)=C2)O1. The van der Waals surface area contributed by atoms with Crippen molar-refractivity contribution in [3.8, 4) is 0 Å². The number of ether oxygens (including phenoxy) is 2. The van der Waals surface area contributed by atoms with Gasteiger partial charge in [-0.3, -0.25) is 0 Å². The molecule has 0 aromatic carbocycles. The molecule has 0 aromatic heterocycles. The molecule has 2 atom stereocenters. The molecule has 2 aliphatic rings. The average molecular weight is 323 g/mol.